The van der Waals surface area contributed by atoms with Gasteiger partial charge in [0, 0.05) is 31.4 Å². The number of aliphatic hydroxyl groups is 1. The molecule has 4 heteroatoms. The van der Waals surface area contributed by atoms with Crippen LogP contribution in [0.3, 0.4) is 0 Å². The van der Waals surface area contributed by atoms with Crippen LogP contribution in [-0.2, 0) is 0 Å². The van der Waals surface area contributed by atoms with Gasteiger partial charge in [-0.3, -0.25) is 0 Å². The van der Waals surface area contributed by atoms with Gasteiger partial charge in [-0.2, -0.15) is 0 Å². The molecule has 1 fully saturated rings. The SMILES string of the molecule is CC(O)CC(C)NC1CCN(c2ccccn2)CC1. The fourth-order valence-electron chi connectivity index (χ4n) is 2.80. The third kappa shape index (κ3) is 4.48. The molecule has 2 heterocycles. The van der Waals surface area contributed by atoms with Gasteiger partial charge in [0.05, 0.1) is 6.10 Å². The molecule has 0 spiro atoms. The molecule has 0 saturated carbocycles. The average molecular weight is 263 g/mol. The molecule has 0 aliphatic carbocycles. The van der Waals surface area contributed by atoms with Crippen LogP contribution in [0.2, 0.25) is 0 Å². The van der Waals surface area contributed by atoms with Crippen molar-refractivity contribution in [2.75, 3.05) is 18.0 Å². The number of hydrogen-bond donors (Lipinski definition) is 2. The van der Waals surface area contributed by atoms with E-state index in [9.17, 15) is 5.11 Å². The normalized spacial score (nSPS) is 20.3. The fraction of sp³-hybridized carbons (Fsp3) is 0.667. The summed E-state index contributed by atoms with van der Waals surface area (Å²) in [4.78, 5) is 6.74. The highest BCUT2D eigenvalue weighted by Crippen LogP contribution is 2.17. The minimum Gasteiger partial charge on any atom is -0.393 e. The molecule has 1 aliphatic rings. The van der Waals surface area contributed by atoms with Gasteiger partial charge < -0.3 is 15.3 Å². The molecule has 1 saturated heterocycles. The van der Waals surface area contributed by atoms with E-state index in [-0.39, 0.29) is 6.10 Å². The van der Waals surface area contributed by atoms with Gasteiger partial charge in [-0.15, -0.1) is 0 Å². The van der Waals surface area contributed by atoms with Crippen molar-refractivity contribution in [3.05, 3.63) is 24.4 Å². The second kappa shape index (κ2) is 6.87. The lowest BCUT2D eigenvalue weighted by atomic mass is 10.0. The molecule has 2 rings (SSSR count). The lowest BCUT2D eigenvalue weighted by molar-refractivity contribution is 0.166. The van der Waals surface area contributed by atoms with Crippen molar-refractivity contribution in [1.29, 1.82) is 0 Å². The van der Waals surface area contributed by atoms with Gasteiger partial charge in [0.25, 0.3) is 0 Å². The number of aliphatic hydroxyl groups excluding tert-OH is 1. The monoisotopic (exact) mass is 263 g/mol. The Hall–Kier alpha value is -1.13. The summed E-state index contributed by atoms with van der Waals surface area (Å²) in [5.74, 6) is 1.08. The van der Waals surface area contributed by atoms with E-state index in [1.165, 1.54) is 0 Å². The Balaban J connectivity index is 1.76. The second-order valence-corrected chi connectivity index (χ2v) is 5.60. The molecule has 1 aromatic rings. The van der Waals surface area contributed by atoms with Crippen LogP contribution in [0, 0.1) is 0 Å². The molecule has 0 radical (unpaired) electrons. The highest BCUT2D eigenvalue weighted by molar-refractivity contribution is 5.38. The van der Waals surface area contributed by atoms with Crippen molar-refractivity contribution in [1.82, 2.24) is 10.3 Å². The molecule has 1 aliphatic heterocycles. The maximum atomic E-state index is 9.39. The van der Waals surface area contributed by atoms with Crippen molar-refractivity contribution in [3.8, 4) is 0 Å². The Morgan fingerprint density at radius 1 is 1.37 bits per heavy atom. The van der Waals surface area contributed by atoms with Crippen LogP contribution in [0.1, 0.15) is 33.1 Å². The lowest BCUT2D eigenvalue weighted by Gasteiger charge is -2.34. The average Bonchev–Trinajstić information content (AvgIpc) is 2.39. The predicted molar refractivity (Wildman–Crippen MR) is 78.4 cm³/mol. The zero-order chi connectivity index (χ0) is 13.7. The number of pyridine rings is 1. The van der Waals surface area contributed by atoms with Gasteiger partial charge in [0.1, 0.15) is 5.82 Å². The van der Waals surface area contributed by atoms with Gasteiger partial charge >= 0.3 is 0 Å². The number of nitrogens with zero attached hydrogens (tertiary/aromatic N) is 2. The fourth-order valence-corrected chi connectivity index (χ4v) is 2.80. The smallest absolute Gasteiger partial charge is 0.128 e. The molecule has 19 heavy (non-hydrogen) atoms. The molecular weight excluding hydrogens is 238 g/mol. The minimum absolute atomic E-state index is 0.226. The van der Waals surface area contributed by atoms with E-state index < -0.39 is 0 Å². The first kappa shape index (κ1) is 14.3. The molecule has 0 bridgehead atoms. The highest BCUT2D eigenvalue weighted by atomic mass is 16.3. The van der Waals surface area contributed by atoms with E-state index in [1.807, 2.05) is 25.3 Å². The van der Waals surface area contributed by atoms with Gasteiger partial charge in [0.15, 0.2) is 0 Å². The van der Waals surface area contributed by atoms with Crippen molar-refractivity contribution < 1.29 is 5.11 Å². The molecule has 4 nitrogen and oxygen atoms in total. The molecular formula is C15H25N3O. The Kier molecular flexibility index (Phi) is 5.16. The van der Waals surface area contributed by atoms with E-state index in [0.29, 0.717) is 12.1 Å². The van der Waals surface area contributed by atoms with Crippen LogP contribution in [-0.4, -0.2) is 41.4 Å². The lowest BCUT2D eigenvalue weighted by Crippen LogP contribution is -2.46. The van der Waals surface area contributed by atoms with Crippen LogP contribution < -0.4 is 10.2 Å². The zero-order valence-corrected chi connectivity index (χ0v) is 11.9. The largest absolute Gasteiger partial charge is 0.393 e. The topological polar surface area (TPSA) is 48.4 Å². The highest BCUT2D eigenvalue weighted by Gasteiger charge is 2.21. The summed E-state index contributed by atoms with van der Waals surface area (Å²) in [7, 11) is 0. The maximum Gasteiger partial charge on any atom is 0.128 e. The van der Waals surface area contributed by atoms with E-state index in [4.69, 9.17) is 0 Å². The Labute approximate surface area is 115 Å². The molecule has 0 amide bonds. The molecule has 2 atom stereocenters. The molecule has 2 N–H and O–H groups in total. The molecule has 2 unspecified atom stereocenters. The zero-order valence-electron chi connectivity index (χ0n) is 11.9. The summed E-state index contributed by atoms with van der Waals surface area (Å²) in [5.41, 5.74) is 0. The number of rotatable bonds is 5. The van der Waals surface area contributed by atoms with E-state index in [1.54, 1.807) is 0 Å². The van der Waals surface area contributed by atoms with Crippen molar-refractivity contribution in [3.63, 3.8) is 0 Å². The third-order valence-corrected chi connectivity index (χ3v) is 3.68. The van der Waals surface area contributed by atoms with Crippen LogP contribution >= 0.6 is 0 Å². The first-order chi connectivity index (χ1) is 9.15. The van der Waals surface area contributed by atoms with Crippen LogP contribution in [0.25, 0.3) is 0 Å². The first-order valence-corrected chi connectivity index (χ1v) is 7.25. The van der Waals surface area contributed by atoms with Crippen molar-refractivity contribution in [2.45, 2.75) is 51.3 Å². The van der Waals surface area contributed by atoms with E-state index in [0.717, 1.165) is 38.2 Å². The molecule has 106 valence electrons. The van der Waals surface area contributed by atoms with Gasteiger partial charge in [-0.25, -0.2) is 4.98 Å². The standard InChI is InChI=1S/C15H25N3O/c1-12(11-13(2)19)17-14-6-9-18(10-7-14)15-5-3-4-8-16-15/h3-5,8,12-14,17,19H,6-7,9-11H2,1-2H3. The summed E-state index contributed by atoms with van der Waals surface area (Å²) < 4.78 is 0. The minimum atomic E-state index is -0.226. The van der Waals surface area contributed by atoms with Gasteiger partial charge in [-0.05, 0) is 45.2 Å². The van der Waals surface area contributed by atoms with Gasteiger partial charge in [0.2, 0.25) is 0 Å². The van der Waals surface area contributed by atoms with E-state index in [2.05, 4.69) is 28.2 Å². The second-order valence-electron chi connectivity index (χ2n) is 5.60. The summed E-state index contributed by atoms with van der Waals surface area (Å²) in [5, 5.41) is 13.0. The summed E-state index contributed by atoms with van der Waals surface area (Å²) in [6, 6.07) is 7.01. The van der Waals surface area contributed by atoms with E-state index >= 15 is 0 Å². The maximum absolute atomic E-state index is 9.39. The Morgan fingerprint density at radius 3 is 2.68 bits per heavy atom. The number of nitrogens with one attached hydrogen (secondary N) is 1. The third-order valence-electron chi connectivity index (χ3n) is 3.68. The summed E-state index contributed by atoms with van der Waals surface area (Å²) in [6.45, 7) is 6.10. The Morgan fingerprint density at radius 2 is 2.11 bits per heavy atom. The molecule has 1 aromatic heterocycles. The Bertz CT molecular complexity index is 361. The van der Waals surface area contributed by atoms with Crippen LogP contribution in [0.4, 0.5) is 5.82 Å². The predicted octanol–water partition coefficient (Wildman–Crippen LogP) is 1.80. The quantitative estimate of drug-likeness (QED) is 0.850. The van der Waals surface area contributed by atoms with Crippen LogP contribution in [0.15, 0.2) is 24.4 Å². The van der Waals surface area contributed by atoms with Crippen LogP contribution in [0.5, 0.6) is 0 Å². The first-order valence-electron chi connectivity index (χ1n) is 7.25. The number of hydrogen-bond acceptors (Lipinski definition) is 4. The molecule has 0 aromatic carbocycles. The summed E-state index contributed by atoms with van der Waals surface area (Å²) >= 11 is 0. The van der Waals surface area contributed by atoms with Crippen molar-refractivity contribution in [2.24, 2.45) is 0 Å². The van der Waals surface area contributed by atoms with Crippen molar-refractivity contribution >= 4 is 5.82 Å². The number of piperidine rings is 1. The summed E-state index contributed by atoms with van der Waals surface area (Å²) in [6.07, 6.45) is 4.72. The van der Waals surface area contributed by atoms with Gasteiger partial charge in [-0.1, -0.05) is 6.07 Å². The number of anilines is 1. The number of aromatic nitrogens is 1.